The molecule has 9 heteroatoms. The molecule has 0 aliphatic carbocycles. The van der Waals surface area contributed by atoms with E-state index in [1.165, 1.54) is 11.3 Å². The third-order valence-corrected chi connectivity index (χ3v) is 6.74. The molecule has 1 atom stereocenters. The number of carbonyl (C=O) groups excluding carboxylic acids is 1. The lowest BCUT2D eigenvalue weighted by Gasteiger charge is -2.26. The minimum Gasteiger partial charge on any atom is -0.497 e. The third kappa shape index (κ3) is 4.66. The quantitative estimate of drug-likeness (QED) is 0.434. The van der Waals surface area contributed by atoms with Gasteiger partial charge in [-0.25, -0.2) is 9.79 Å². The van der Waals surface area contributed by atoms with Gasteiger partial charge in [0, 0.05) is 11.1 Å². The van der Waals surface area contributed by atoms with E-state index in [-0.39, 0.29) is 12.2 Å². The SMILES string of the molecule is CCOC(=O)C1=C(C)N=c2sc(=Cc3cc(OC)ccc3OC)c(=O)n2[C@H]1c1ccccc1OCC. The first kappa shape index (κ1) is 25.2. The van der Waals surface area contributed by atoms with E-state index in [0.29, 0.717) is 55.6 Å². The van der Waals surface area contributed by atoms with Crippen LogP contribution in [-0.4, -0.2) is 38.0 Å². The van der Waals surface area contributed by atoms with Crippen molar-refractivity contribution < 1.29 is 23.7 Å². The first-order valence-corrected chi connectivity index (χ1v) is 12.4. The largest absolute Gasteiger partial charge is 0.497 e. The molecule has 0 N–H and O–H groups in total. The van der Waals surface area contributed by atoms with Crippen LogP contribution in [0.3, 0.4) is 0 Å². The van der Waals surface area contributed by atoms with Gasteiger partial charge >= 0.3 is 5.97 Å². The average molecular weight is 509 g/mol. The number of hydrogen-bond acceptors (Lipinski definition) is 8. The zero-order valence-corrected chi connectivity index (χ0v) is 21.7. The molecule has 0 unspecified atom stereocenters. The van der Waals surface area contributed by atoms with Crippen molar-refractivity contribution in [2.45, 2.75) is 26.8 Å². The van der Waals surface area contributed by atoms with Crippen molar-refractivity contribution in [3.63, 3.8) is 0 Å². The first-order valence-electron chi connectivity index (χ1n) is 11.6. The van der Waals surface area contributed by atoms with Crippen LogP contribution < -0.4 is 29.1 Å². The van der Waals surface area contributed by atoms with Crippen LogP contribution in [0, 0.1) is 0 Å². The Balaban J connectivity index is 2.00. The van der Waals surface area contributed by atoms with Gasteiger partial charge in [-0.05, 0) is 51.1 Å². The van der Waals surface area contributed by atoms with Crippen molar-refractivity contribution in [3.8, 4) is 17.2 Å². The lowest BCUT2D eigenvalue weighted by molar-refractivity contribution is -0.139. The van der Waals surface area contributed by atoms with E-state index in [0.717, 1.165) is 0 Å². The van der Waals surface area contributed by atoms with Crippen LogP contribution in [0.2, 0.25) is 0 Å². The van der Waals surface area contributed by atoms with E-state index in [2.05, 4.69) is 4.99 Å². The van der Waals surface area contributed by atoms with Crippen molar-refractivity contribution in [3.05, 3.63) is 84.5 Å². The summed E-state index contributed by atoms with van der Waals surface area (Å²) < 4.78 is 24.1. The second-order valence-electron chi connectivity index (χ2n) is 7.88. The number of thiazole rings is 1. The summed E-state index contributed by atoms with van der Waals surface area (Å²) in [5, 5.41) is 0. The Morgan fingerprint density at radius 2 is 1.86 bits per heavy atom. The van der Waals surface area contributed by atoms with Gasteiger partial charge in [0.2, 0.25) is 0 Å². The number of allylic oxidation sites excluding steroid dienone is 1. The lowest BCUT2D eigenvalue weighted by atomic mass is 9.95. The van der Waals surface area contributed by atoms with E-state index in [1.54, 1.807) is 56.9 Å². The monoisotopic (exact) mass is 508 g/mol. The maximum Gasteiger partial charge on any atom is 0.338 e. The number of para-hydroxylation sites is 1. The number of hydrogen-bond donors (Lipinski definition) is 0. The van der Waals surface area contributed by atoms with Crippen LogP contribution in [0.25, 0.3) is 6.08 Å². The molecule has 1 aliphatic heterocycles. The van der Waals surface area contributed by atoms with Crippen LogP contribution in [-0.2, 0) is 9.53 Å². The number of fused-ring (bicyclic) bond motifs is 1. The molecular weight excluding hydrogens is 480 g/mol. The van der Waals surface area contributed by atoms with Gasteiger partial charge in [0.25, 0.3) is 5.56 Å². The summed E-state index contributed by atoms with van der Waals surface area (Å²) in [6.45, 7) is 6.02. The minimum absolute atomic E-state index is 0.204. The number of ether oxygens (including phenoxy) is 4. The highest BCUT2D eigenvalue weighted by atomic mass is 32.1. The van der Waals surface area contributed by atoms with Crippen molar-refractivity contribution >= 4 is 23.4 Å². The molecule has 0 saturated heterocycles. The van der Waals surface area contributed by atoms with Gasteiger partial charge in [-0.2, -0.15) is 0 Å². The molecule has 4 rings (SSSR count). The molecule has 3 aromatic rings. The molecule has 0 saturated carbocycles. The highest BCUT2D eigenvalue weighted by Gasteiger charge is 2.35. The number of carbonyl (C=O) groups is 1. The fraction of sp³-hybridized carbons (Fsp3) is 0.296. The maximum absolute atomic E-state index is 13.9. The molecule has 2 heterocycles. The average Bonchev–Trinajstić information content (AvgIpc) is 3.18. The van der Waals surface area contributed by atoms with Crippen LogP contribution >= 0.6 is 11.3 Å². The molecule has 0 amide bonds. The Bertz CT molecular complexity index is 1500. The second-order valence-corrected chi connectivity index (χ2v) is 8.89. The molecule has 0 spiro atoms. The lowest BCUT2D eigenvalue weighted by Crippen LogP contribution is -2.40. The molecule has 0 bridgehead atoms. The smallest absolute Gasteiger partial charge is 0.338 e. The zero-order valence-electron chi connectivity index (χ0n) is 20.9. The molecule has 1 aromatic heterocycles. The number of aromatic nitrogens is 1. The van der Waals surface area contributed by atoms with Gasteiger partial charge in [-0.3, -0.25) is 9.36 Å². The molecular formula is C27H28N2O6S. The van der Waals surface area contributed by atoms with Gasteiger partial charge in [0.1, 0.15) is 23.3 Å². The number of benzene rings is 2. The molecule has 1 aliphatic rings. The van der Waals surface area contributed by atoms with Crippen molar-refractivity contribution in [1.29, 1.82) is 0 Å². The Morgan fingerprint density at radius 3 is 2.56 bits per heavy atom. The zero-order chi connectivity index (χ0) is 25.8. The summed E-state index contributed by atoms with van der Waals surface area (Å²) in [6, 6.07) is 12.0. The van der Waals surface area contributed by atoms with Crippen LogP contribution in [0.1, 0.15) is 37.9 Å². The summed E-state index contributed by atoms with van der Waals surface area (Å²) in [5.74, 6) is 1.31. The highest BCUT2D eigenvalue weighted by molar-refractivity contribution is 7.07. The van der Waals surface area contributed by atoms with Crippen LogP contribution in [0.15, 0.2) is 63.5 Å². The summed E-state index contributed by atoms with van der Waals surface area (Å²) >= 11 is 1.24. The van der Waals surface area contributed by atoms with Gasteiger partial charge in [0.15, 0.2) is 4.80 Å². The number of rotatable bonds is 8. The molecule has 0 fully saturated rings. The highest BCUT2D eigenvalue weighted by Crippen LogP contribution is 2.36. The summed E-state index contributed by atoms with van der Waals surface area (Å²) in [4.78, 5) is 32.1. The van der Waals surface area contributed by atoms with E-state index >= 15 is 0 Å². The number of methoxy groups -OCH3 is 2. The van der Waals surface area contributed by atoms with Crippen LogP contribution in [0.5, 0.6) is 17.2 Å². The van der Waals surface area contributed by atoms with Crippen molar-refractivity contribution in [2.75, 3.05) is 27.4 Å². The maximum atomic E-state index is 13.9. The summed E-state index contributed by atoms with van der Waals surface area (Å²) in [5.41, 5.74) is 1.89. The van der Waals surface area contributed by atoms with Crippen molar-refractivity contribution in [1.82, 2.24) is 4.57 Å². The van der Waals surface area contributed by atoms with Gasteiger partial charge in [0.05, 0.1) is 43.2 Å². The normalized spacial score (nSPS) is 15.2. The fourth-order valence-corrected chi connectivity index (χ4v) is 5.21. The van der Waals surface area contributed by atoms with Gasteiger partial charge < -0.3 is 18.9 Å². The topological polar surface area (TPSA) is 88.4 Å². The molecule has 2 aromatic carbocycles. The van der Waals surface area contributed by atoms with Gasteiger partial charge in [-0.1, -0.05) is 29.5 Å². The summed E-state index contributed by atoms with van der Waals surface area (Å²) in [6.07, 6.45) is 1.75. The van der Waals surface area contributed by atoms with Crippen molar-refractivity contribution in [2.24, 2.45) is 4.99 Å². The first-order chi connectivity index (χ1) is 17.4. The molecule has 36 heavy (non-hydrogen) atoms. The predicted molar refractivity (Wildman–Crippen MR) is 138 cm³/mol. The Morgan fingerprint density at radius 1 is 1.08 bits per heavy atom. The van der Waals surface area contributed by atoms with E-state index < -0.39 is 12.0 Å². The number of esters is 1. The fourth-order valence-electron chi connectivity index (χ4n) is 4.17. The van der Waals surface area contributed by atoms with Crippen LogP contribution in [0.4, 0.5) is 0 Å². The van der Waals surface area contributed by atoms with E-state index in [4.69, 9.17) is 18.9 Å². The Kier molecular flexibility index (Phi) is 7.59. The van der Waals surface area contributed by atoms with E-state index in [1.807, 2.05) is 31.2 Å². The molecule has 8 nitrogen and oxygen atoms in total. The molecule has 0 radical (unpaired) electrons. The summed E-state index contributed by atoms with van der Waals surface area (Å²) in [7, 11) is 3.15. The minimum atomic E-state index is -0.752. The third-order valence-electron chi connectivity index (χ3n) is 5.75. The number of nitrogens with zero attached hydrogens (tertiary/aromatic N) is 2. The molecule has 188 valence electrons. The van der Waals surface area contributed by atoms with E-state index in [9.17, 15) is 9.59 Å². The Labute approximate surface area is 212 Å². The Hall–Kier alpha value is -3.85. The van der Waals surface area contributed by atoms with Gasteiger partial charge in [-0.15, -0.1) is 0 Å². The second kappa shape index (κ2) is 10.8. The predicted octanol–water partition coefficient (Wildman–Crippen LogP) is 3.21. The standard InChI is InChI=1S/C27H28N2O6S/c1-6-34-21-11-9-8-10-19(21)24-23(26(31)35-7-2)16(3)28-27-29(24)25(30)22(36-27)15-17-14-18(32-4)12-13-20(17)33-5/h8-15,24H,6-7H2,1-5H3/t24-/m0/s1.